The summed E-state index contributed by atoms with van der Waals surface area (Å²) in [7, 11) is 3.11. The zero-order valence-electron chi connectivity index (χ0n) is 15.1. The Morgan fingerprint density at radius 2 is 1.96 bits per heavy atom. The van der Waals surface area contributed by atoms with Gasteiger partial charge in [0.1, 0.15) is 17.4 Å². The third-order valence-corrected chi connectivity index (χ3v) is 4.51. The predicted octanol–water partition coefficient (Wildman–Crippen LogP) is 1.68. The van der Waals surface area contributed by atoms with Crippen LogP contribution in [-0.2, 0) is 9.59 Å². The molecule has 2 unspecified atom stereocenters. The van der Waals surface area contributed by atoms with Crippen LogP contribution in [-0.4, -0.2) is 38.8 Å². The fourth-order valence-corrected chi connectivity index (χ4v) is 3.11. The van der Waals surface area contributed by atoms with Gasteiger partial charge in [0.25, 0.3) is 5.91 Å². The van der Waals surface area contributed by atoms with E-state index in [0.717, 1.165) is 5.56 Å². The lowest BCUT2D eigenvalue weighted by molar-refractivity contribution is -0.133. The van der Waals surface area contributed by atoms with Gasteiger partial charge in [0, 0.05) is 18.0 Å². The topological polar surface area (TPSA) is 89.0 Å². The van der Waals surface area contributed by atoms with E-state index in [0.29, 0.717) is 23.6 Å². The van der Waals surface area contributed by atoms with E-state index in [1.54, 1.807) is 32.4 Å². The second-order valence-electron chi connectivity index (χ2n) is 6.08. The van der Waals surface area contributed by atoms with Crippen LogP contribution in [0.1, 0.15) is 17.0 Å². The number of methoxy groups -OCH3 is 2. The first-order chi connectivity index (χ1) is 13.1. The number of rotatable bonds is 6. The summed E-state index contributed by atoms with van der Waals surface area (Å²) in [5.74, 6) is -0.554. The molecule has 1 aliphatic rings. The number of hydrogen-bond donors (Lipinski definition) is 2. The Kier molecular flexibility index (Phi) is 5.71. The van der Waals surface area contributed by atoms with Crippen molar-refractivity contribution in [2.75, 3.05) is 20.8 Å². The van der Waals surface area contributed by atoms with Crippen molar-refractivity contribution in [1.29, 1.82) is 0 Å². The van der Waals surface area contributed by atoms with Crippen LogP contribution in [0.15, 0.2) is 53.6 Å². The average Bonchev–Trinajstić information content (AvgIpc) is 3.10. The molecule has 0 aromatic heterocycles. The minimum absolute atomic E-state index is 0.222. The molecular weight excluding hydrogens is 346 g/mol. The standard InChI is InChI=1S/C20H21N3O4/c1-26-15-8-9-17(27-2)14(10-15)11-22-23-20(25)18-16(12-21-19(18)24)13-6-4-3-5-7-13/h3-11,16,18H,12H2,1-2H3,(H,21,24)(H,23,25)/b22-11-. The fraction of sp³-hybridized carbons (Fsp3) is 0.250. The molecule has 27 heavy (non-hydrogen) atoms. The van der Waals surface area contributed by atoms with Gasteiger partial charge in [-0.25, -0.2) is 5.43 Å². The van der Waals surface area contributed by atoms with E-state index in [-0.39, 0.29) is 11.8 Å². The number of nitrogens with zero attached hydrogens (tertiary/aromatic N) is 1. The Morgan fingerprint density at radius 3 is 2.67 bits per heavy atom. The number of ether oxygens (including phenoxy) is 2. The van der Waals surface area contributed by atoms with E-state index in [1.807, 2.05) is 30.3 Å². The first-order valence-electron chi connectivity index (χ1n) is 8.51. The van der Waals surface area contributed by atoms with Crippen molar-refractivity contribution in [3.8, 4) is 11.5 Å². The van der Waals surface area contributed by atoms with Crippen molar-refractivity contribution in [2.45, 2.75) is 5.92 Å². The van der Waals surface area contributed by atoms with Crippen LogP contribution in [0.4, 0.5) is 0 Å². The molecule has 0 spiro atoms. The van der Waals surface area contributed by atoms with Crippen molar-refractivity contribution < 1.29 is 19.1 Å². The minimum Gasteiger partial charge on any atom is -0.497 e. The molecule has 7 heteroatoms. The number of amides is 2. The van der Waals surface area contributed by atoms with Crippen LogP contribution in [0, 0.1) is 5.92 Å². The number of nitrogens with one attached hydrogen (secondary N) is 2. The molecule has 140 valence electrons. The van der Waals surface area contributed by atoms with E-state index in [1.165, 1.54) is 6.21 Å². The third kappa shape index (κ3) is 4.08. The smallest absolute Gasteiger partial charge is 0.253 e. The molecule has 2 atom stereocenters. The van der Waals surface area contributed by atoms with Crippen molar-refractivity contribution in [1.82, 2.24) is 10.7 Å². The number of hydrazone groups is 1. The second-order valence-corrected chi connectivity index (χ2v) is 6.08. The van der Waals surface area contributed by atoms with Gasteiger partial charge in [-0.05, 0) is 23.8 Å². The fourth-order valence-electron chi connectivity index (χ4n) is 3.11. The maximum atomic E-state index is 12.6. The average molecular weight is 367 g/mol. The summed E-state index contributed by atoms with van der Waals surface area (Å²) >= 11 is 0. The highest BCUT2D eigenvalue weighted by Gasteiger charge is 2.40. The Morgan fingerprint density at radius 1 is 1.19 bits per heavy atom. The van der Waals surface area contributed by atoms with Gasteiger partial charge in [-0.2, -0.15) is 5.10 Å². The highest BCUT2D eigenvalue weighted by molar-refractivity contribution is 6.03. The van der Waals surface area contributed by atoms with Gasteiger partial charge in [0.05, 0.1) is 20.4 Å². The van der Waals surface area contributed by atoms with Crippen LogP contribution < -0.4 is 20.2 Å². The summed E-state index contributed by atoms with van der Waals surface area (Å²) in [6, 6.07) is 14.8. The third-order valence-electron chi connectivity index (χ3n) is 4.51. The van der Waals surface area contributed by atoms with Gasteiger partial charge in [-0.15, -0.1) is 0 Å². The Balaban J connectivity index is 1.73. The Bertz CT molecular complexity index is 852. The Labute approximate surface area is 157 Å². The summed E-state index contributed by atoms with van der Waals surface area (Å²) in [6.45, 7) is 0.425. The first kappa shape index (κ1) is 18.4. The summed E-state index contributed by atoms with van der Waals surface area (Å²) in [4.78, 5) is 24.7. The molecule has 0 saturated carbocycles. The van der Waals surface area contributed by atoms with Crippen molar-refractivity contribution in [3.05, 3.63) is 59.7 Å². The summed E-state index contributed by atoms with van der Waals surface area (Å²) < 4.78 is 10.5. The predicted molar refractivity (Wildman–Crippen MR) is 101 cm³/mol. The summed E-state index contributed by atoms with van der Waals surface area (Å²) in [5, 5.41) is 6.74. The van der Waals surface area contributed by atoms with E-state index in [9.17, 15) is 9.59 Å². The number of benzene rings is 2. The largest absolute Gasteiger partial charge is 0.497 e. The highest BCUT2D eigenvalue weighted by Crippen LogP contribution is 2.29. The van der Waals surface area contributed by atoms with Crippen LogP contribution >= 0.6 is 0 Å². The molecule has 7 nitrogen and oxygen atoms in total. The molecule has 1 heterocycles. The molecular formula is C20H21N3O4. The number of carbonyl (C=O) groups excluding carboxylic acids is 2. The maximum absolute atomic E-state index is 12.6. The van der Waals surface area contributed by atoms with E-state index < -0.39 is 11.8 Å². The van der Waals surface area contributed by atoms with Crippen molar-refractivity contribution in [3.63, 3.8) is 0 Å². The summed E-state index contributed by atoms with van der Waals surface area (Å²) in [6.07, 6.45) is 1.46. The van der Waals surface area contributed by atoms with Crippen LogP contribution in [0.25, 0.3) is 0 Å². The van der Waals surface area contributed by atoms with Crippen molar-refractivity contribution in [2.24, 2.45) is 11.0 Å². The molecule has 2 aromatic rings. The Hall–Kier alpha value is -3.35. The van der Waals surface area contributed by atoms with E-state index in [2.05, 4.69) is 15.8 Å². The monoisotopic (exact) mass is 367 g/mol. The van der Waals surface area contributed by atoms with Gasteiger partial charge in [0.15, 0.2) is 0 Å². The SMILES string of the molecule is COc1ccc(OC)c(/C=N\NC(=O)C2C(=O)NCC2c2ccccc2)c1. The molecule has 2 amide bonds. The van der Waals surface area contributed by atoms with Gasteiger partial charge >= 0.3 is 0 Å². The lowest BCUT2D eigenvalue weighted by Crippen LogP contribution is -2.34. The molecule has 0 radical (unpaired) electrons. The van der Waals surface area contributed by atoms with Crippen molar-refractivity contribution >= 4 is 18.0 Å². The van der Waals surface area contributed by atoms with E-state index >= 15 is 0 Å². The molecule has 2 N–H and O–H groups in total. The molecule has 1 fully saturated rings. The van der Waals surface area contributed by atoms with Crippen LogP contribution in [0.3, 0.4) is 0 Å². The summed E-state index contributed by atoms with van der Waals surface area (Å²) in [5.41, 5.74) is 4.05. The lowest BCUT2D eigenvalue weighted by Gasteiger charge is -2.15. The molecule has 0 bridgehead atoms. The number of hydrogen-bond acceptors (Lipinski definition) is 5. The zero-order valence-corrected chi connectivity index (χ0v) is 15.1. The maximum Gasteiger partial charge on any atom is 0.253 e. The normalized spacial score (nSPS) is 19.0. The molecule has 2 aromatic carbocycles. The first-order valence-corrected chi connectivity index (χ1v) is 8.51. The minimum atomic E-state index is -0.822. The zero-order chi connectivity index (χ0) is 19.2. The van der Waals surface area contributed by atoms with Crippen LogP contribution in [0.5, 0.6) is 11.5 Å². The second kappa shape index (κ2) is 8.35. The van der Waals surface area contributed by atoms with Gasteiger partial charge in [-0.1, -0.05) is 30.3 Å². The number of carbonyl (C=O) groups is 2. The lowest BCUT2D eigenvalue weighted by atomic mass is 9.88. The molecule has 3 rings (SSSR count). The van der Waals surface area contributed by atoms with Gasteiger partial charge in [-0.3, -0.25) is 9.59 Å². The molecule has 1 aliphatic heterocycles. The van der Waals surface area contributed by atoms with Gasteiger partial charge < -0.3 is 14.8 Å². The molecule has 1 saturated heterocycles. The quantitative estimate of drug-likeness (QED) is 0.462. The highest BCUT2D eigenvalue weighted by atomic mass is 16.5. The van der Waals surface area contributed by atoms with Gasteiger partial charge in [0.2, 0.25) is 5.91 Å². The molecule has 0 aliphatic carbocycles. The van der Waals surface area contributed by atoms with Crippen LogP contribution in [0.2, 0.25) is 0 Å². The van der Waals surface area contributed by atoms with E-state index in [4.69, 9.17) is 9.47 Å².